The van der Waals surface area contributed by atoms with Gasteiger partial charge in [0.15, 0.2) is 0 Å². The smallest absolute Gasteiger partial charge is 0.226 e. The molecule has 2 N–H and O–H groups in total. The second-order valence-electron chi connectivity index (χ2n) is 5.84. The van der Waals surface area contributed by atoms with E-state index in [0.717, 1.165) is 5.56 Å². The summed E-state index contributed by atoms with van der Waals surface area (Å²) in [7, 11) is 0. The molecule has 0 aromatic heterocycles. The Labute approximate surface area is 137 Å². The first-order valence-electron chi connectivity index (χ1n) is 7.73. The highest BCUT2D eigenvalue weighted by atomic mass is 16.3. The summed E-state index contributed by atoms with van der Waals surface area (Å²) in [6.07, 6.45) is -0.0240. The number of amides is 1. The van der Waals surface area contributed by atoms with Crippen LogP contribution in [-0.4, -0.2) is 34.2 Å². The van der Waals surface area contributed by atoms with Crippen molar-refractivity contribution >= 4 is 5.91 Å². The lowest BCUT2D eigenvalue weighted by molar-refractivity contribution is -0.137. The molecule has 2 rings (SSSR count). The van der Waals surface area contributed by atoms with Crippen molar-refractivity contribution in [1.29, 1.82) is 0 Å². The predicted molar refractivity (Wildman–Crippen MR) is 89.6 cm³/mol. The van der Waals surface area contributed by atoms with Gasteiger partial charge in [-0.3, -0.25) is 4.79 Å². The maximum atomic E-state index is 12.6. The van der Waals surface area contributed by atoms with Crippen molar-refractivity contribution in [2.75, 3.05) is 13.2 Å². The molecule has 23 heavy (non-hydrogen) atoms. The van der Waals surface area contributed by atoms with E-state index < -0.39 is 5.60 Å². The van der Waals surface area contributed by atoms with Gasteiger partial charge in [0, 0.05) is 13.1 Å². The van der Waals surface area contributed by atoms with E-state index in [2.05, 4.69) is 0 Å². The molecule has 0 saturated heterocycles. The van der Waals surface area contributed by atoms with Crippen LogP contribution >= 0.6 is 0 Å². The molecule has 0 aliphatic heterocycles. The standard InChI is InChI=1S/C19H23NO3/c1-19(23,17-10-6-3-7-11-17)14-18(22)20(12-13-21)15-16-8-4-2-5-9-16/h2-11,21,23H,12-15H2,1H3. The molecular weight excluding hydrogens is 290 g/mol. The van der Waals surface area contributed by atoms with Gasteiger partial charge in [0.2, 0.25) is 5.91 Å². The van der Waals surface area contributed by atoms with Gasteiger partial charge in [0.1, 0.15) is 0 Å². The van der Waals surface area contributed by atoms with Crippen LogP contribution in [0, 0.1) is 0 Å². The van der Waals surface area contributed by atoms with Crippen molar-refractivity contribution in [2.24, 2.45) is 0 Å². The van der Waals surface area contributed by atoms with Crippen LogP contribution in [0.4, 0.5) is 0 Å². The lowest BCUT2D eigenvalue weighted by Gasteiger charge is -2.28. The molecule has 0 heterocycles. The maximum absolute atomic E-state index is 12.6. The predicted octanol–water partition coefficient (Wildman–Crippen LogP) is 2.31. The van der Waals surface area contributed by atoms with Gasteiger partial charge in [0.05, 0.1) is 18.6 Å². The first-order valence-corrected chi connectivity index (χ1v) is 7.73. The van der Waals surface area contributed by atoms with Crippen LogP contribution in [0.5, 0.6) is 0 Å². The van der Waals surface area contributed by atoms with Gasteiger partial charge in [-0.25, -0.2) is 0 Å². The highest BCUT2D eigenvalue weighted by Gasteiger charge is 2.28. The molecule has 2 aromatic carbocycles. The first kappa shape index (κ1) is 17.2. The monoisotopic (exact) mass is 313 g/mol. The van der Waals surface area contributed by atoms with E-state index >= 15 is 0 Å². The summed E-state index contributed by atoms with van der Waals surface area (Å²) in [6.45, 7) is 2.20. The Morgan fingerprint density at radius 3 is 2.17 bits per heavy atom. The Hall–Kier alpha value is -2.17. The minimum atomic E-state index is -1.23. The molecule has 0 radical (unpaired) electrons. The summed E-state index contributed by atoms with van der Waals surface area (Å²) in [5.74, 6) is -0.184. The second kappa shape index (κ2) is 7.90. The lowest BCUT2D eigenvalue weighted by Crippen LogP contribution is -2.37. The number of hydrogen-bond acceptors (Lipinski definition) is 3. The first-order chi connectivity index (χ1) is 11.0. The van der Waals surface area contributed by atoms with E-state index in [-0.39, 0.29) is 25.5 Å². The summed E-state index contributed by atoms with van der Waals surface area (Å²) < 4.78 is 0. The summed E-state index contributed by atoms with van der Waals surface area (Å²) >= 11 is 0. The van der Waals surface area contributed by atoms with Crippen LogP contribution in [0.25, 0.3) is 0 Å². The van der Waals surface area contributed by atoms with Crippen LogP contribution < -0.4 is 0 Å². The van der Waals surface area contributed by atoms with Gasteiger partial charge in [-0.05, 0) is 18.1 Å². The third kappa shape index (κ3) is 4.91. The minimum absolute atomic E-state index is 0.0240. The molecule has 1 unspecified atom stereocenters. The zero-order chi connectivity index (χ0) is 16.7. The zero-order valence-electron chi connectivity index (χ0n) is 13.4. The van der Waals surface area contributed by atoms with Crippen molar-refractivity contribution in [2.45, 2.75) is 25.5 Å². The van der Waals surface area contributed by atoms with Gasteiger partial charge in [-0.15, -0.1) is 0 Å². The summed E-state index contributed by atoms with van der Waals surface area (Å²) in [5, 5.41) is 19.9. The van der Waals surface area contributed by atoms with Gasteiger partial charge in [-0.1, -0.05) is 60.7 Å². The topological polar surface area (TPSA) is 60.8 Å². The van der Waals surface area contributed by atoms with Crippen molar-refractivity contribution in [3.05, 3.63) is 71.8 Å². The summed E-state index contributed by atoms with van der Waals surface area (Å²) in [5.41, 5.74) is 0.466. The lowest BCUT2D eigenvalue weighted by atomic mass is 9.92. The Balaban J connectivity index is 2.08. The molecule has 122 valence electrons. The Morgan fingerprint density at radius 1 is 1.04 bits per heavy atom. The van der Waals surface area contributed by atoms with Crippen LogP contribution in [0.3, 0.4) is 0 Å². The molecule has 0 aliphatic rings. The quantitative estimate of drug-likeness (QED) is 0.824. The number of carbonyl (C=O) groups excluding carboxylic acids is 1. The number of hydrogen-bond donors (Lipinski definition) is 2. The minimum Gasteiger partial charge on any atom is -0.395 e. The highest BCUT2D eigenvalue weighted by molar-refractivity contribution is 5.77. The Morgan fingerprint density at radius 2 is 1.61 bits per heavy atom. The van der Waals surface area contributed by atoms with Crippen molar-refractivity contribution < 1.29 is 15.0 Å². The van der Waals surface area contributed by atoms with Crippen molar-refractivity contribution in [1.82, 2.24) is 4.90 Å². The average Bonchev–Trinajstić information content (AvgIpc) is 2.56. The molecular formula is C19H23NO3. The maximum Gasteiger partial charge on any atom is 0.226 e. The Bertz CT molecular complexity index is 611. The largest absolute Gasteiger partial charge is 0.395 e. The normalized spacial score (nSPS) is 13.3. The fraction of sp³-hybridized carbons (Fsp3) is 0.316. The molecule has 0 saturated carbocycles. The van der Waals surface area contributed by atoms with Gasteiger partial charge >= 0.3 is 0 Å². The SMILES string of the molecule is CC(O)(CC(=O)N(CCO)Cc1ccccc1)c1ccccc1. The number of aliphatic hydroxyl groups excluding tert-OH is 1. The highest BCUT2D eigenvalue weighted by Crippen LogP contribution is 2.25. The fourth-order valence-electron chi connectivity index (χ4n) is 2.52. The van der Waals surface area contributed by atoms with Crippen LogP contribution in [0.1, 0.15) is 24.5 Å². The van der Waals surface area contributed by atoms with Gasteiger partial charge < -0.3 is 15.1 Å². The molecule has 0 fully saturated rings. The third-order valence-corrected chi connectivity index (χ3v) is 3.83. The van der Waals surface area contributed by atoms with Crippen LogP contribution in [-0.2, 0) is 16.9 Å². The van der Waals surface area contributed by atoms with E-state index in [0.29, 0.717) is 12.1 Å². The molecule has 2 aromatic rings. The van der Waals surface area contributed by atoms with Gasteiger partial charge in [0.25, 0.3) is 0 Å². The number of aliphatic hydroxyl groups is 2. The van der Waals surface area contributed by atoms with Crippen molar-refractivity contribution in [3.8, 4) is 0 Å². The number of carbonyl (C=O) groups is 1. The molecule has 0 bridgehead atoms. The van der Waals surface area contributed by atoms with E-state index in [1.54, 1.807) is 24.0 Å². The molecule has 4 heteroatoms. The average molecular weight is 313 g/mol. The van der Waals surface area contributed by atoms with E-state index in [9.17, 15) is 15.0 Å². The zero-order valence-corrected chi connectivity index (χ0v) is 13.4. The summed E-state index contributed by atoms with van der Waals surface area (Å²) in [6, 6.07) is 18.8. The Kier molecular flexibility index (Phi) is 5.90. The van der Waals surface area contributed by atoms with Crippen molar-refractivity contribution in [3.63, 3.8) is 0 Å². The van der Waals surface area contributed by atoms with Gasteiger partial charge in [-0.2, -0.15) is 0 Å². The molecule has 1 atom stereocenters. The van der Waals surface area contributed by atoms with E-state index in [4.69, 9.17) is 0 Å². The van der Waals surface area contributed by atoms with Crippen LogP contribution in [0.2, 0.25) is 0 Å². The number of nitrogens with zero attached hydrogens (tertiary/aromatic N) is 1. The van der Waals surface area contributed by atoms with E-state index in [1.807, 2.05) is 48.5 Å². The third-order valence-electron chi connectivity index (χ3n) is 3.83. The fourth-order valence-corrected chi connectivity index (χ4v) is 2.52. The van der Waals surface area contributed by atoms with Crippen LogP contribution in [0.15, 0.2) is 60.7 Å². The number of rotatable bonds is 7. The second-order valence-corrected chi connectivity index (χ2v) is 5.84. The van der Waals surface area contributed by atoms with E-state index in [1.165, 1.54) is 0 Å². The summed E-state index contributed by atoms with van der Waals surface area (Å²) in [4.78, 5) is 14.2. The molecule has 4 nitrogen and oxygen atoms in total. The molecule has 0 spiro atoms. The molecule has 0 aliphatic carbocycles. The number of benzene rings is 2. The molecule has 1 amide bonds.